The van der Waals surface area contributed by atoms with Crippen LogP contribution in [0, 0.1) is 6.92 Å². The van der Waals surface area contributed by atoms with Crippen molar-refractivity contribution in [1.29, 1.82) is 0 Å². The summed E-state index contributed by atoms with van der Waals surface area (Å²) in [7, 11) is -3.30. The van der Waals surface area contributed by atoms with E-state index in [0.717, 1.165) is 11.9 Å². The second kappa shape index (κ2) is 7.89. The minimum atomic E-state index is -3.30. The van der Waals surface area contributed by atoms with Crippen LogP contribution in [0.25, 0.3) is 0 Å². The highest BCUT2D eigenvalue weighted by Gasteiger charge is 2.10. The molecule has 2 N–H and O–H groups in total. The van der Waals surface area contributed by atoms with Crippen LogP contribution in [0.15, 0.2) is 47.4 Å². The van der Waals surface area contributed by atoms with Crippen molar-refractivity contribution in [2.24, 2.45) is 0 Å². The summed E-state index contributed by atoms with van der Waals surface area (Å²) in [6.45, 7) is 1.98. The minimum Gasteiger partial charge on any atom is -0.352 e. The quantitative estimate of drug-likeness (QED) is 0.812. The van der Waals surface area contributed by atoms with Crippen LogP contribution in [0.5, 0.6) is 0 Å². The standard InChI is InChI=1S/C17H19N3O4S/c1-12-4-3-5-15(19-12)20-16(21)10-11-18-17(22)13-6-8-14(9-7-13)25(2,23)24/h3-9H,10-11H2,1-2H3,(H,18,22)(H,19,20,21). The molecule has 0 radical (unpaired) electrons. The summed E-state index contributed by atoms with van der Waals surface area (Å²) in [5.41, 5.74) is 1.12. The number of aromatic nitrogens is 1. The predicted molar refractivity (Wildman–Crippen MR) is 94.1 cm³/mol. The smallest absolute Gasteiger partial charge is 0.251 e. The van der Waals surface area contributed by atoms with Crippen molar-refractivity contribution in [1.82, 2.24) is 10.3 Å². The number of nitrogens with zero attached hydrogens (tertiary/aromatic N) is 1. The largest absolute Gasteiger partial charge is 0.352 e. The Morgan fingerprint density at radius 2 is 1.76 bits per heavy atom. The van der Waals surface area contributed by atoms with Crippen molar-refractivity contribution in [3.8, 4) is 0 Å². The van der Waals surface area contributed by atoms with Gasteiger partial charge in [-0.3, -0.25) is 9.59 Å². The molecule has 0 fully saturated rings. The van der Waals surface area contributed by atoms with E-state index in [1.165, 1.54) is 24.3 Å². The molecule has 7 nitrogen and oxygen atoms in total. The molecule has 8 heteroatoms. The van der Waals surface area contributed by atoms with E-state index >= 15 is 0 Å². The number of pyridine rings is 1. The molecule has 0 aliphatic heterocycles. The Balaban J connectivity index is 1.83. The zero-order chi connectivity index (χ0) is 18.4. The average Bonchev–Trinajstić information content (AvgIpc) is 2.54. The number of anilines is 1. The normalized spacial score (nSPS) is 11.0. The number of rotatable bonds is 6. The molecule has 0 aliphatic rings. The second-order valence-corrected chi connectivity index (χ2v) is 7.53. The van der Waals surface area contributed by atoms with E-state index in [0.29, 0.717) is 11.4 Å². The number of carbonyl (C=O) groups excluding carboxylic acids is 2. The fourth-order valence-corrected chi connectivity index (χ4v) is 2.69. The van der Waals surface area contributed by atoms with Crippen molar-refractivity contribution in [2.45, 2.75) is 18.2 Å². The zero-order valence-electron chi connectivity index (χ0n) is 13.9. The maximum Gasteiger partial charge on any atom is 0.251 e. The fraction of sp³-hybridized carbons (Fsp3) is 0.235. The van der Waals surface area contributed by atoms with Crippen LogP contribution >= 0.6 is 0 Å². The van der Waals surface area contributed by atoms with Crippen molar-refractivity contribution >= 4 is 27.5 Å². The number of amides is 2. The summed E-state index contributed by atoms with van der Waals surface area (Å²) in [5.74, 6) is -0.167. The molecule has 25 heavy (non-hydrogen) atoms. The number of carbonyl (C=O) groups is 2. The molecule has 0 saturated heterocycles. The Bertz CT molecular complexity index is 877. The highest BCUT2D eigenvalue weighted by Crippen LogP contribution is 2.10. The van der Waals surface area contributed by atoms with Crippen molar-refractivity contribution in [3.05, 3.63) is 53.7 Å². The zero-order valence-corrected chi connectivity index (χ0v) is 14.8. The van der Waals surface area contributed by atoms with Gasteiger partial charge in [-0.15, -0.1) is 0 Å². The van der Waals surface area contributed by atoms with Crippen LogP contribution in [0.2, 0.25) is 0 Å². The molecular weight excluding hydrogens is 342 g/mol. The highest BCUT2D eigenvalue weighted by atomic mass is 32.2. The first-order chi connectivity index (χ1) is 11.8. The summed E-state index contributed by atoms with van der Waals surface area (Å²) in [5, 5.41) is 5.27. The van der Waals surface area contributed by atoms with Crippen molar-refractivity contribution in [2.75, 3.05) is 18.1 Å². The monoisotopic (exact) mass is 361 g/mol. The number of hydrogen-bond donors (Lipinski definition) is 2. The van der Waals surface area contributed by atoms with Gasteiger partial charge in [-0.2, -0.15) is 0 Å². The molecule has 0 atom stereocenters. The molecule has 0 unspecified atom stereocenters. The summed E-state index contributed by atoms with van der Waals surface area (Å²) < 4.78 is 22.8. The Kier molecular flexibility index (Phi) is 5.87. The van der Waals surface area contributed by atoms with E-state index < -0.39 is 9.84 Å². The number of benzene rings is 1. The summed E-state index contributed by atoms with van der Waals surface area (Å²) in [6.07, 6.45) is 1.20. The van der Waals surface area contributed by atoms with Gasteiger partial charge in [0.2, 0.25) is 5.91 Å². The highest BCUT2D eigenvalue weighted by molar-refractivity contribution is 7.90. The van der Waals surface area contributed by atoms with Gasteiger partial charge in [0.1, 0.15) is 5.82 Å². The number of nitrogens with one attached hydrogen (secondary N) is 2. The molecule has 1 aromatic heterocycles. The maximum absolute atomic E-state index is 12.0. The van der Waals surface area contributed by atoms with E-state index in [9.17, 15) is 18.0 Å². The molecule has 0 aliphatic carbocycles. The van der Waals surface area contributed by atoms with Crippen molar-refractivity contribution in [3.63, 3.8) is 0 Å². The van der Waals surface area contributed by atoms with Crippen LogP contribution in [-0.2, 0) is 14.6 Å². The average molecular weight is 361 g/mol. The van der Waals surface area contributed by atoms with Gasteiger partial charge >= 0.3 is 0 Å². The maximum atomic E-state index is 12.0. The van der Waals surface area contributed by atoms with Crippen LogP contribution in [0.3, 0.4) is 0 Å². The van der Waals surface area contributed by atoms with E-state index in [4.69, 9.17) is 0 Å². The SMILES string of the molecule is Cc1cccc(NC(=O)CCNC(=O)c2ccc(S(C)(=O)=O)cc2)n1. The lowest BCUT2D eigenvalue weighted by atomic mass is 10.2. The number of hydrogen-bond acceptors (Lipinski definition) is 5. The van der Waals surface area contributed by atoms with Gasteiger partial charge in [0, 0.05) is 30.5 Å². The van der Waals surface area contributed by atoms with E-state index in [1.54, 1.807) is 12.1 Å². The third-order valence-electron chi connectivity index (χ3n) is 3.34. The second-order valence-electron chi connectivity index (χ2n) is 5.51. The molecule has 0 spiro atoms. The third-order valence-corrected chi connectivity index (χ3v) is 4.47. The van der Waals surface area contributed by atoms with Crippen LogP contribution in [0.1, 0.15) is 22.5 Å². The van der Waals surface area contributed by atoms with Crippen molar-refractivity contribution < 1.29 is 18.0 Å². The van der Waals surface area contributed by atoms with Gasteiger partial charge in [0.05, 0.1) is 4.90 Å². The molecule has 2 rings (SSSR count). The lowest BCUT2D eigenvalue weighted by Gasteiger charge is -2.07. The molecule has 0 saturated carbocycles. The summed E-state index contributed by atoms with van der Waals surface area (Å²) >= 11 is 0. The van der Waals surface area contributed by atoms with Gasteiger partial charge in [-0.1, -0.05) is 6.07 Å². The van der Waals surface area contributed by atoms with Crippen LogP contribution < -0.4 is 10.6 Å². The van der Waals surface area contributed by atoms with Gasteiger partial charge in [0.15, 0.2) is 9.84 Å². The lowest BCUT2D eigenvalue weighted by Crippen LogP contribution is -2.27. The van der Waals surface area contributed by atoms with Gasteiger partial charge < -0.3 is 10.6 Å². The molecule has 2 amide bonds. The number of aryl methyl sites for hydroxylation is 1. The first-order valence-electron chi connectivity index (χ1n) is 7.57. The Morgan fingerprint density at radius 1 is 1.08 bits per heavy atom. The topological polar surface area (TPSA) is 105 Å². The minimum absolute atomic E-state index is 0.1000. The molecule has 1 aromatic carbocycles. The Hall–Kier alpha value is -2.74. The molecule has 2 aromatic rings. The molecule has 0 bridgehead atoms. The first kappa shape index (κ1) is 18.6. The molecular formula is C17H19N3O4S. The number of sulfone groups is 1. The van der Waals surface area contributed by atoms with E-state index in [-0.39, 0.29) is 29.7 Å². The summed E-state index contributed by atoms with van der Waals surface area (Å²) in [6, 6.07) is 10.9. The van der Waals surface area contributed by atoms with Gasteiger partial charge in [0.25, 0.3) is 5.91 Å². The Labute approximate surface area is 146 Å². The molecule has 1 heterocycles. The van der Waals surface area contributed by atoms with Crippen LogP contribution in [-0.4, -0.2) is 38.0 Å². The fourth-order valence-electron chi connectivity index (χ4n) is 2.06. The van der Waals surface area contributed by atoms with E-state index in [1.807, 2.05) is 13.0 Å². The predicted octanol–water partition coefficient (Wildman–Crippen LogP) is 1.55. The first-order valence-corrected chi connectivity index (χ1v) is 9.47. The van der Waals surface area contributed by atoms with Crippen LogP contribution in [0.4, 0.5) is 5.82 Å². The lowest BCUT2D eigenvalue weighted by molar-refractivity contribution is -0.116. The van der Waals surface area contributed by atoms with Gasteiger partial charge in [-0.05, 0) is 43.3 Å². The molecule has 132 valence electrons. The van der Waals surface area contributed by atoms with E-state index in [2.05, 4.69) is 15.6 Å². The van der Waals surface area contributed by atoms with Gasteiger partial charge in [-0.25, -0.2) is 13.4 Å². The summed E-state index contributed by atoms with van der Waals surface area (Å²) in [4.78, 5) is 28.1. The Morgan fingerprint density at radius 3 is 2.36 bits per heavy atom. The third kappa shape index (κ3) is 5.68.